The van der Waals surface area contributed by atoms with Gasteiger partial charge in [0.05, 0.1) is 0 Å². The summed E-state index contributed by atoms with van der Waals surface area (Å²) in [5, 5.41) is 7.33. The molecule has 0 fully saturated rings. The molecule has 0 aliphatic carbocycles. The number of nitrogens with one attached hydrogen (secondary N) is 1. The molecular formula is C13H16BrFN4. The molecule has 2 aromatic rings. The monoisotopic (exact) mass is 326 g/mol. The molecule has 1 heterocycles. The second-order valence-corrected chi connectivity index (χ2v) is 5.20. The molecule has 102 valence electrons. The van der Waals surface area contributed by atoms with Crippen molar-refractivity contribution in [1.29, 1.82) is 0 Å². The van der Waals surface area contributed by atoms with Crippen molar-refractivity contribution >= 4 is 15.9 Å². The first-order chi connectivity index (χ1) is 9.11. The molecule has 0 radical (unpaired) electrons. The summed E-state index contributed by atoms with van der Waals surface area (Å²) < 4.78 is 16.5. The molecule has 0 spiro atoms. The van der Waals surface area contributed by atoms with Crippen LogP contribution in [0.25, 0.3) is 0 Å². The van der Waals surface area contributed by atoms with Gasteiger partial charge in [0.2, 0.25) is 0 Å². The third kappa shape index (κ3) is 3.39. The molecule has 0 aliphatic rings. The topological polar surface area (TPSA) is 42.7 Å². The summed E-state index contributed by atoms with van der Waals surface area (Å²) in [5.74, 6) is 0.613. The van der Waals surface area contributed by atoms with Gasteiger partial charge in [-0.15, -0.1) is 0 Å². The Balaban J connectivity index is 2.29. The first-order valence-electron chi connectivity index (χ1n) is 6.13. The fourth-order valence-electron chi connectivity index (χ4n) is 2.01. The van der Waals surface area contributed by atoms with E-state index in [1.807, 2.05) is 14.0 Å². The van der Waals surface area contributed by atoms with Crippen LogP contribution in [-0.2, 0) is 13.5 Å². The van der Waals surface area contributed by atoms with E-state index in [9.17, 15) is 4.39 Å². The number of benzene rings is 1. The van der Waals surface area contributed by atoms with E-state index < -0.39 is 0 Å². The lowest BCUT2D eigenvalue weighted by Gasteiger charge is -2.18. The average Bonchev–Trinajstić information content (AvgIpc) is 2.78. The Hall–Kier alpha value is -1.27. The first-order valence-corrected chi connectivity index (χ1v) is 6.92. The van der Waals surface area contributed by atoms with E-state index in [0.717, 1.165) is 16.8 Å². The summed E-state index contributed by atoms with van der Waals surface area (Å²) in [6.07, 6.45) is 2.10. The van der Waals surface area contributed by atoms with Crippen molar-refractivity contribution in [1.82, 2.24) is 20.1 Å². The number of aromatic nitrogens is 3. The fraction of sp³-hybridized carbons (Fsp3) is 0.385. The molecule has 4 nitrogen and oxygen atoms in total. The Labute approximate surface area is 120 Å². The zero-order chi connectivity index (χ0) is 13.8. The SMILES string of the molecule is CCNC(Cc1ncnn1C)c1cc(Br)ccc1F. The predicted octanol–water partition coefficient (Wildman–Crippen LogP) is 2.61. The van der Waals surface area contributed by atoms with Crippen LogP contribution in [0, 0.1) is 5.82 Å². The Bertz CT molecular complexity index is 555. The van der Waals surface area contributed by atoms with Crippen molar-refractivity contribution in [3.05, 3.63) is 46.2 Å². The predicted molar refractivity (Wildman–Crippen MR) is 75.2 cm³/mol. The fourth-order valence-corrected chi connectivity index (χ4v) is 2.39. The molecule has 1 unspecified atom stereocenters. The van der Waals surface area contributed by atoms with Gasteiger partial charge in [-0.05, 0) is 24.7 Å². The molecule has 1 N–H and O–H groups in total. The third-order valence-corrected chi connectivity index (χ3v) is 3.47. The Morgan fingerprint density at radius 3 is 2.89 bits per heavy atom. The lowest BCUT2D eigenvalue weighted by Crippen LogP contribution is -2.25. The molecular weight excluding hydrogens is 311 g/mol. The smallest absolute Gasteiger partial charge is 0.138 e. The third-order valence-electron chi connectivity index (χ3n) is 2.98. The largest absolute Gasteiger partial charge is 0.310 e. The second-order valence-electron chi connectivity index (χ2n) is 4.28. The zero-order valence-corrected chi connectivity index (χ0v) is 12.5. The number of rotatable bonds is 5. The maximum absolute atomic E-state index is 14.0. The van der Waals surface area contributed by atoms with Crippen LogP contribution >= 0.6 is 15.9 Å². The normalized spacial score (nSPS) is 12.6. The zero-order valence-electron chi connectivity index (χ0n) is 10.9. The van der Waals surface area contributed by atoms with Gasteiger partial charge < -0.3 is 5.32 Å². The van der Waals surface area contributed by atoms with Crippen LogP contribution in [-0.4, -0.2) is 21.3 Å². The molecule has 1 atom stereocenters. The average molecular weight is 327 g/mol. The second kappa shape index (κ2) is 6.25. The van der Waals surface area contributed by atoms with E-state index in [2.05, 4.69) is 31.3 Å². The maximum atomic E-state index is 14.0. The van der Waals surface area contributed by atoms with Gasteiger partial charge in [-0.25, -0.2) is 9.37 Å². The molecule has 2 rings (SSSR count). The highest BCUT2D eigenvalue weighted by Crippen LogP contribution is 2.24. The number of nitrogens with zero attached hydrogens (tertiary/aromatic N) is 3. The Morgan fingerprint density at radius 2 is 2.26 bits per heavy atom. The van der Waals surface area contributed by atoms with Crippen LogP contribution in [0.5, 0.6) is 0 Å². The minimum atomic E-state index is -0.212. The van der Waals surface area contributed by atoms with Crippen LogP contribution in [0.4, 0.5) is 4.39 Å². The van der Waals surface area contributed by atoms with Gasteiger partial charge in [0.25, 0.3) is 0 Å². The summed E-state index contributed by atoms with van der Waals surface area (Å²) in [4.78, 5) is 4.19. The quantitative estimate of drug-likeness (QED) is 0.918. The Kier molecular flexibility index (Phi) is 4.66. The van der Waals surface area contributed by atoms with E-state index >= 15 is 0 Å². The van der Waals surface area contributed by atoms with Gasteiger partial charge in [0.1, 0.15) is 18.0 Å². The summed E-state index contributed by atoms with van der Waals surface area (Å²) >= 11 is 3.38. The molecule has 0 amide bonds. The number of likely N-dealkylation sites (N-methyl/N-ethyl adjacent to an activating group) is 1. The summed E-state index contributed by atoms with van der Waals surface area (Å²) in [6, 6.07) is 4.86. The molecule has 0 saturated carbocycles. The highest BCUT2D eigenvalue weighted by Gasteiger charge is 2.18. The minimum Gasteiger partial charge on any atom is -0.310 e. The maximum Gasteiger partial charge on any atom is 0.138 e. The van der Waals surface area contributed by atoms with E-state index in [1.165, 1.54) is 12.4 Å². The van der Waals surface area contributed by atoms with Crippen molar-refractivity contribution < 1.29 is 4.39 Å². The van der Waals surface area contributed by atoms with Gasteiger partial charge in [0.15, 0.2) is 0 Å². The Morgan fingerprint density at radius 1 is 1.47 bits per heavy atom. The number of halogens is 2. The van der Waals surface area contributed by atoms with E-state index in [-0.39, 0.29) is 11.9 Å². The van der Waals surface area contributed by atoms with Crippen molar-refractivity contribution in [2.24, 2.45) is 7.05 Å². The molecule has 0 aliphatic heterocycles. The van der Waals surface area contributed by atoms with Gasteiger partial charge >= 0.3 is 0 Å². The van der Waals surface area contributed by atoms with E-state index in [1.54, 1.807) is 16.8 Å². The van der Waals surface area contributed by atoms with E-state index in [0.29, 0.717) is 12.0 Å². The molecule has 6 heteroatoms. The lowest BCUT2D eigenvalue weighted by atomic mass is 10.0. The van der Waals surface area contributed by atoms with Gasteiger partial charge in [0, 0.05) is 29.5 Å². The van der Waals surface area contributed by atoms with Gasteiger partial charge in [-0.3, -0.25) is 4.68 Å². The summed E-state index contributed by atoms with van der Waals surface area (Å²) in [5.41, 5.74) is 0.638. The van der Waals surface area contributed by atoms with Crippen molar-refractivity contribution in [3.8, 4) is 0 Å². The lowest BCUT2D eigenvalue weighted by molar-refractivity contribution is 0.492. The van der Waals surface area contributed by atoms with Crippen molar-refractivity contribution in [2.75, 3.05) is 6.54 Å². The number of hydrogen-bond donors (Lipinski definition) is 1. The molecule has 1 aromatic carbocycles. The van der Waals surface area contributed by atoms with Gasteiger partial charge in [-0.1, -0.05) is 22.9 Å². The van der Waals surface area contributed by atoms with E-state index in [4.69, 9.17) is 0 Å². The standard InChI is InChI=1S/C13H16BrFN4/c1-3-16-12(7-13-17-8-18-19(13)2)10-6-9(14)4-5-11(10)15/h4-6,8,12,16H,3,7H2,1-2H3. The molecule has 19 heavy (non-hydrogen) atoms. The molecule has 0 saturated heterocycles. The summed E-state index contributed by atoms with van der Waals surface area (Å²) in [7, 11) is 1.84. The van der Waals surface area contributed by atoms with Crippen LogP contribution in [0.2, 0.25) is 0 Å². The highest BCUT2D eigenvalue weighted by atomic mass is 79.9. The minimum absolute atomic E-state index is 0.120. The van der Waals surface area contributed by atoms with Crippen LogP contribution in [0.3, 0.4) is 0 Å². The van der Waals surface area contributed by atoms with Gasteiger partial charge in [-0.2, -0.15) is 5.10 Å². The molecule has 1 aromatic heterocycles. The number of aryl methyl sites for hydroxylation is 1. The van der Waals surface area contributed by atoms with Crippen molar-refractivity contribution in [2.45, 2.75) is 19.4 Å². The summed E-state index contributed by atoms with van der Waals surface area (Å²) in [6.45, 7) is 2.76. The van der Waals surface area contributed by atoms with Crippen LogP contribution in [0.1, 0.15) is 24.4 Å². The first kappa shape index (κ1) is 14.1. The number of hydrogen-bond acceptors (Lipinski definition) is 3. The van der Waals surface area contributed by atoms with Crippen molar-refractivity contribution in [3.63, 3.8) is 0 Å². The highest BCUT2D eigenvalue weighted by molar-refractivity contribution is 9.10. The van der Waals surface area contributed by atoms with Crippen LogP contribution in [0.15, 0.2) is 29.0 Å². The van der Waals surface area contributed by atoms with Crippen LogP contribution < -0.4 is 5.32 Å². The molecule has 0 bridgehead atoms.